The van der Waals surface area contributed by atoms with Gasteiger partial charge in [-0.2, -0.15) is 0 Å². The fourth-order valence-electron chi connectivity index (χ4n) is 2.87. The fourth-order valence-corrected chi connectivity index (χ4v) is 3.14. The largest absolute Gasteiger partial charge is 0.497 e. The lowest BCUT2D eigenvalue weighted by molar-refractivity contribution is 0.415. The smallest absolute Gasteiger partial charge is 0.165 e. The van der Waals surface area contributed by atoms with Crippen molar-refractivity contribution < 1.29 is 4.74 Å². The molecule has 0 fully saturated rings. The van der Waals surface area contributed by atoms with E-state index in [1.807, 2.05) is 54.6 Å². The van der Waals surface area contributed by atoms with Gasteiger partial charge in [-0.05, 0) is 41.5 Å². The van der Waals surface area contributed by atoms with Crippen LogP contribution in [-0.4, -0.2) is 22.1 Å². The highest BCUT2D eigenvalue weighted by Gasteiger charge is 2.14. The Morgan fingerprint density at radius 2 is 1.77 bits per heavy atom. The molecule has 2 aromatic heterocycles. The second kappa shape index (κ2) is 6.72. The highest BCUT2D eigenvalue weighted by molar-refractivity contribution is 9.10. The maximum absolute atomic E-state index is 6.14. The molecule has 0 spiro atoms. The molecule has 0 saturated carbocycles. The standard InChI is InChI=1S/C20H15BrN4O/c1-26-15-4-2-3-13(9-15)16-10-17(12-5-7-14(21)8-6-12)25-20-18(16)19(22)23-11-24-20/h2-11H,1H3,(H2,22,23,24,25). The van der Waals surface area contributed by atoms with Crippen LogP contribution in [0, 0.1) is 0 Å². The van der Waals surface area contributed by atoms with E-state index in [9.17, 15) is 0 Å². The summed E-state index contributed by atoms with van der Waals surface area (Å²) >= 11 is 3.46. The minimum absolute atomic E-state index is 0.405. The molecule has 0 aliphatic heterocycles. The molecule has 4 rings (SSSR count). The number of anilines is 1. The second-order valence-corrected chi connectivity index (χ2v) is 6.67. The first-order chi connectivity index (χ1) is 12.7. The first-order valence-electron chi connectivity index (χ1n) is 7.97. The molecule has 26 heavy (non-hydrogen) atoms. The maximum Gasteiger partial charge on any atom is 0.165 e. The number of ether oxygens (including phenoxy) is 1. The maximum atomic E-state index is 6.14. The Kier molecular flexibility index (Phi) is 4.26. The van der Waals surface area contributed by atoms with Crippen LogP contribution in [0.1, 0.15) is 0 Å². The van der Waals surface area contributed by atoms with Crippen molar-refractivity contribution in [1.29, 1.82) is 0 Å². The van der Waals surface area contributed by atoms with Gasteiger partial charge in [-0.25, -0.2) is 15.0 Å². The number of fused-ring (bicyclic) bond motifs is 1. The predicted molar refractivity (Wildman–Crippen MR) is 107 cm³/mol. The van der Waals surface area contributed by atoms with Crippen LogP contribution < -0.4 is 10.5 Å². The van der Waals surface area contributed by atoms with Crippen LogP contribution in [0.5, 0.6) is 5.75 Å². The van der Waals surface area contributed by atoms with Gasteiger partial charge in [-0.3, -0.25) is 0 Å². The molecule has 128 valence electrons. The van der Waals surface area contributed by atoms with Gasteiger partial charge < -0.3 is 10.5 Å². The van der Waals surface area contributed by atoms with Crippen LogP contribution in [-0.2, 0) is 0 Å². The van der Waals surface area contributed by atoms with Crippen molar-refractivity contribution in [3.63, 3.8) is 0 Å². The molecule has 6 heteroatoms. The van der Waals surface area contributed by atoms with Gasteiger partial charge >= 0.3 is 0 Å². The summed E-state index contributed by atoms with van der Waals surface area (Å²) in [5.41, 5.74) is 10.4. The summed E-state index contributed by atoms with van der Waals surface area (Å²) in [7, 11) is 1.65. The summed E-state index contributed by atoms with van der Waals surface area (Å²) in [5, 5.41) is 0.738. The Bertz CT molecular complexity index is 1100. The van der Waals surface area contributed by atoms with Crippen LogP contribution in [0.15, 0.2) is 65.4 Å². The lowest BCUT2D eigenvalue weighted by Crippen LogP contribution is -1.98. The van der Waals surface area contributed by atoms with Gasteiger partial charge in [0.1, 0.15) is 17.9 Å². The molecular weight excluding hydrogens is 392 g/mol. The quantitative estimate of drug-likeness (QED) is 0.532. The van der Waals surface area contributed by atoms with Gasteiger partial charge in [-0.15, -0.1) is 0 Å². The predicted octanol–water partition coefficient (Wildman–Crippen LogP) is 4.71. The minimum Gasteiger partial charge on any atom is -0.497 e. The van der Waals surface area contributed by atoms with E-state index in [1.54, 1.807) is 7.11 Å². The van der Waals surface area contributed by atoms with E-state index in [0.717, 1.165) is 38.0 Å². The number of halogens is 1. The molecule has 2 heterocycles. The third-order valence-electron chi connectivity index (χ3n) is 4.15. The molecule has 0 bridgehead atoms. The zero-order valence-corrected chi connectivity index (χ0v) is 15.6. The van der Waals surface area contributed by atoms with Crippen molar-refractivity contribution in [2.45, 2.75) is 0 Å². The van der Waals surface area contributed by atoms with E-state index in [2.05, 4.69) is 30.9 Å². The Morgan fingerprint density at radius 3 is 2.54 bits per heavy atom. The normalized spacial score (nSPS) is 10.8. The molecule has 2 aromatic carbocycles. The van der Waals surface area contributed by atoms with Crippen molar-refractivity contribution in [1.82, 2.24) is 15.0 Å². The van der Waals surface area contributed by atoms with E-state index < -0.39 is 0 Å². The molecular formula is C20H15BrN4O. The van der Waals surface area contributed by atoms with Crippen LogP contribution in [0.3, 0.4) is 0 Å². The number of aromatic nitrogens is 3. The van der Waals surface area contributed by atoms with Gasteiger partial charge in [0.25, 0.3) is 0 Å². The third kappa shape index (κ3) is 2.99. The van der Waals surface area contributed by atoms with E-state index in [4.69, 9.17) is 10.5 Å². The number of nitrogen functional groups attached to an aromatic ring is 1. The first-order valence-corrected chi connectivity index (χ1v) is 8.76. The number of hydrogen-bond acceptors (Lipinski definition) is 5. The zero-order valence-electron chi connectivity index (χ0n) is 14.0. The highest BCUT2D eigenvalue weighted by Crippen LogP contribution is 2.35. The van der Waals surface area contributed by atoms with Gasteiger partial charge in [0.05, 0.1) is 18.2 Å². The van der Waals surface area contributed by atoms with E-state index in [1.165, 1.54) is 6.33 Å². The number of nitrogens with two attached hydrogens (primary N) is 1. The van der Waals surface area contributed by atoms with Crippen LogP contribution in [0.4, 0.5) is 5.82 Å². The molecule has 2 N–H and O–H groups in total. The Morgan fingerprint density at radius 1 is 0.962 bits per heavy atom. The van der Waals surface area contributed by atoms with Crippen molar-refractivity contribution in [3.8, 4) is 28.1 Å². The topological polar surface area (TPSA) is 73.9 Å². The summed E-state index contributed by atoms with van der Waals surface area (Å²) in [6.07, 6.45) is 1.44. The molecule has 0 aliphatic carbocycles. The molecule has 0 radical (unpaired) electrons. The monoisotopic (exact) mass is 406 g/mol. The molecule has 5 nitrogen and oxygen atoms in total. The van der Waals surface area contributed by atoms with Crippen molar-refractivity contribution in [3.05, 3.63) is 65.4 Å². The summed E-state index contributed by atoms with van der Waals surface area (Å²) in [5.74, 6) is 1.18. The van der Waals surface area contributed by atoms with Crippen LogP contribution >= 0.6 is 15.9 Å². The Hall–Kier alpha value is -2.99. The van der Waals surface area contributed by atoms with Gasteiger partial charge in [0.2, 0.25) is 0 Å². The van der Waals surface area contributed by atoms with E-state index >= 15 is 0 Å². The number of hydrogen-bond donors (Lipinski definition) is 1. The van der Waals surface area contributed by atoms with Crippen LogP contribution in [0.2, 0.25) is 0 Å². The number of nitrogens with zero attached hydrogens (tertiary/aromatic N) is 3. The average Bonchev–Trinajstić information content (AvgIpc) is 2.68. The first kappa shape index (κ1) is 16.5. The van der Waals surface area contributed by atoms with E-state index in [0.29, 0.717) is 11.5 Å². The van der Waals surface area contributed by atoms with E-state index in [-0.39, 0.29) is 0 Å². The summed E-state index contributed by atoms with van der Waals surface area (Å²) in [6, 6.07) is 17.8. The van der Waals surface area contributed by atoms with Crippen LogP contribution in [0.25, 0.3) is 33.4 Å². The van der Waals surface area contributed by atoms with Gasteiger partial charge in [-0.1, -0.05) is 40.2 Å². The molecule has 0 atom stereocenters. The minimum atomic E-state index is 0.405. The SMILES string of the molecule is COc1cccc(-c2cc(-c3ccc(Br)cc3)nc3ncnc(N)c23)c1. The van der Waals surface area contributed by atoms with Crippen molar-refractivity contribution >= 4 is 32.8 Å². The van der Waals surface area contributed by atoms with Crippen molar-refractivity contribution in [2.24, 2.45) is 0 Å². The number of methoxy groups -OCH3 is 1. The molecule has 0 saturated heterocycles. The third-order valence-corrected chi connectivity index (χ3v) is 4.68. The van der Waals surface area contributed by atoms with Gasteiger partial charge in [0, 0.05) is 10.0 Å². The number of pyridine rings is 1. The molecule has 4 aromatic rings. The van der Waals surface area contributed by atoms with Crippen molar-refractivity contribution in [2.75, 3.05) is 12.8 Å². The second-order valence-electron chi connectivity index (χ2n) is 5.75. The number of rotatable bonds is 3. The van der Waals surface area contributed by atoms with Gasteiger partial charge in [0.15, 0.2) is 5.65 Å². The fraction of sp³-hybridized carbons (Fsp3) is 0.0500. The average molecular weight is 407 g/mol. The summed E-state index contributed by atoms with van der Waals surface area (Å²) in [4.78, 5) is 13.2. The molecule has 0 unspecified atom stereocenters. The Labute approximate surface area is 159 Å². The lowest BCUT2D eigenvalue weighted by Gasteiger charge is -2.12. The molecule has 0 aliphatic rings. The number of benzene rings is 2. The molecule has 0 amide bonds. The lowest BCUT2D eigenvalue weighted by atomic mass is 9.99. The summed E-state index contributed by atoms with van der Waals surface area (Å²) < 4.78 is 6.38. The highest BCUT2D eigenvalue weighted by atomic mass is 79.9. The summed E-state index contributed by atoms with van der Waals surface area (Å²) in [6.45, 7) is 0. The Balaban J connectivity index is 2.01. The zero-order chi connectivity index (χ0) is 18.1.